The van der Waals surface area contributed by atoms with Gasteiger partial charge in [-0.2, -0.15) is 15.3 Å². The Labute approximate surface area is 165 Å². The van der Waals surface area contributed by atoms with Crippen LogP contribution in [0.2, 0.25) is 0 Å². The number of hydrogen-bond donors (Lipinski definition) is 0. The topological polar surface area (TPSA) is 123 Å². The Hall–Kier alpha value is -3.19. The lowest BCUT2D eigenvalue weighted by Crippen LogP contribution is -2.20. The maximum absolute atomic E-state index is 12.2. The standard InChI is InChI=1S/C18H18N6O3S/c1-10-8-28-17(22-10)14(6-19)15(25)7-27-16(26)5-4-13-11(2)23-18-20-9-21-24(18)12(13)3/h8-9,14H,4-5,7H2,1-3H3/t14-/m0/s1. The van der Waals surface area contributed by atoms with E-state index in [-0.39, 0.29) is 6.42 Å². The average Bonchev–Trinajstić information content (AvgIpc) is 3.29. The molecule has 0 saturated carbocycles. The molecule has 0 aliphatic rings. The number of ether oxygens (including phenoxy) is 1. The van der Waals surface area contributed by atoms with Gasteiger partial charge in [-0.3, -0.25) is 9.59 Å². The largest absolute Gasteiger partial charge is 0.458 e. The Bertz CT molecular complexity index is 1080. The number of rotatable bonds is 7. The smallest absolute Gasteiger partial charge is 0.306 e. The van der Waals surface area contributed by atoms with Crippen LogP contribution in [0, 0.1) is 32.1 Å². The van der Waals surface area contributed by atoms with Gasteiger partial charge in [0.25, 0.3) is 5.78 Å². The van der Waals surface area contributed by atoms with Gasteiger partial charge in [0.05, 0.1) is 6.07 Å². The number of Topliss-reactive ketones (excluding diaryl/α,β-unsaturated/α-hetero) is 1. The molecule has 0 bridgehead atoms. The molecule has 10 heteroatoms. The highest BCUT2D eigenvalue weighted by atomic mass is 32.1. The van der Waals surface area contributed by atoms with Gasteiger partial charge in [0.15, 0.2) is 18.3 Å². The van der Waals surface area contributed by atoms with Crippen LogP contribution in [-0.4, -0.2) is 42.9 Å². The first-order chi connectivity index (χ1) is 13.4. The molecule has 0 saturated heterocycles. The SMILES string of the molecule is Cc1csc([C@@H](C#N)C(=O)COC(=O)CCc2c(C)nc3ncnn3c2C)n1. The van der Waals surface area contributed by atoms with Gasteiger partial charge in [0.2, 0.25) is 0 Å². The zero-order valence-corrected chi connectivity index (χ0v) is 16.5. The molecule has 3 rings (SSSR count). The van der Waals surface area contributed by atoms with Crippen molar-refractivity contribution >= 4 is 28.9 Å². The molecule has 0 spiro atoms. The van der Waals surface area contributed by atoms with Gasteiger partial charge in [-0.05, 0) is 32.8 Å². The molecule has 0 aliphatic carbocycles. The van der Waals surface area contributed by atoms with Crippen molar-refractivity contribution < 1.29 is 14.3 Å². The van der Waals surface area contributed by atoms with E-state index in [0.29, 0.717) is 17.2 Å². The number of hydrogen-bond acceptors (Lipinski definition) is 9. The molecular weight excluding hydrogens is 380 g/mol. The van der Waals surface area contributed by atoms with Gasteiger partial charge in [-0.25, -0.2) is 14.5 Å². The number of aromatic nitrogens is 5. The van der Waals surface area contributed by atoms with E-state index in [9.17, 15) is 14.9 Å². The second-order valence-electron chi connectivity index (χ2n) is 6.25. The maximum atomic E-state index is 12.2. The molecule has 1 atom stereocenters. The normalized spacial score (nSPS) is 11.9. The second kappa shape index (κ2) is 8.22. The van der Waals surface area contributed by atoms with E-state index in [1.165, 1.54) is 17.7 Å². The number of esters is 1. The third kappa shape index (κ3) is 4.04. The van der Waals surface area contributed by atoms with Gasteiger partial charge in [-0.15, -0.1) is 11.3 Å². The highest BCUT2D eigenvalue weighted by molar-refractivity contribution is 7.09. The number of carbonyl (C=O) groups excluding carboxylic acids is 2. The zero-order valence-electron chi connectivity index (χ0n) is 15.7. The van der Waals surface area contributed by atoms with Crippen LogP contribution >= 0.6 is 11.3 Å². The van der Waals surface area contributed by atoms with Crippen LogP contribution in [-0.2, 0) is 20.7 Å². The van der Waals surface area contributed by atoms with Crippen LogP contribution in [0.5, 0.6) is 0 Å². The van der Waals surface area contributed by atoms with E-state index in [1.54, 1.807) is 16.8 Å². The number of carbonyl (C=O) groups is 2. The summed E-state index contributed by atoms with van der Waals surface area (Å²) in [7, 11) is 0. The van der Waals surface area contributed by atoms with Crippen molar-refractivity contribution in [2.24, 2.45) is 0 Å². The Kier molecular flexibility index (Phi) is 5.75. The summed E-state index contributed by atoms with van der Waals surface area (Å²) >= 11 is 1.24. The Morgan fingerprint density at radius 1 is 1.32 bits per heavy atom. The van der Waals surface area contributed by atoms with Crippen LogP contribution in [0.3, 0.4) is 0 Å². The lowest BCUT2D eigenvalue weighted by atomic mass is 10.1. The van der Waals surface area contributed by atoms with Crippen molar-refractivity contribution in [3.8, 4) is 6.07 Å². The van der Waals surface area contributed by atoms with Gasteiger partial charge in [0, 0.05) is 28.9 Å². The van der Waals surface area contributed by atoms with Crippen LogP contribution in [0.15, 0.2) is 11.7 Å². The van der Waals surface area contributed by atoms with Crippen molar-refractivity contribution in [1.29, 1.82) is 5.26 Å². The second-order valence-corrected chi connectivity index (χ2v) is 7.14. The highest BCUT2D eigenvalue weighted by Crippen LogP contribution is 2.21. The molecule has 3 heterocycles. The maximum Gasteiger partial charge on any atom is 0.306 e. The lowest BCUT2D eigenvalue weighted by Gasteiger charge is -2.10. The number of thiazole rings is 1. The van der Waals surface area contributed by atoms with Crippen molar-refractivity contribution in [1.82, 2.24) is 24.6 Å². The number of ketones is 1. The van der Waals surface area contributed by atoms with Crippen LogP contribution in [0.4, 0.5) is 0 Å². The van der Waals surface area contributed by atoms with Crippen LogP contribution in [0.1, 0.15) is 40.0 Å². The fraction of sp³-hybridized carbons (Fsp3) is 0.389. The molecule has 0 aromatic carbocycles. The number of nitrogens with zero attached hydrogens (tertiary/aromatic N) is 6. The number of fused-ring (bicyclic) bond motifs is 1. The predicted molar refractivity (Wildman–Crippen MR) is 99.7 cm³/mol. The fourth-order valence-electron chi connectivity index (χ4n) is 2.82. The number of aryl methyl sites for hydroxylation is 3. The molecular formula is C18H18N6O3S. The minimum absolute atomic E-state index is 0.0877. The summed E-state index contributed by atoms with van der Waals surface area (Å²) in [5, 5.41) is 15.5. The van der Waals surface area contributed by atoms with E-state index in [4.69, 9.17) is 4.74 Å². The molecule has 3 aromatic rings. The summed E-state index contributed by atoms with van der Waals surface area (Å²) in [5.74, 6) is -1.51. The lowest BCUT2D eigenvalue weighted by molar-refractivity contribution is -0.148. The van der Waals surface area contributed by atoms with E-state index >= 15 is 0 Å². The van der Waals surface area contributed by atoms with Crippen molar-refractivity contribution in [2.45, 2.75) is 39.5 Å². The third-order valence-electron chi connectivity index (χ3n) is 4.28. The summed E-state index contributed by atoms with van der Waals surface area (Å²) in [4.78, 5) is 36.9. The molecule has 0 N–H and O–H groups in total. The van der Waals surface area contributed by atoms with Crippen LogP contribution < -0.4 is 0 Å². The van der Waals surface area contributed by atoms with Gasteiger partial charge < -0.3 is 4.74 Å². The molecule has 28 heavy (non-hydrogen) atoms. The van der Waals surface area contributed by atoms with Crippen molar-refractivity contribution in [2.75, 3.05) is 6.61 Å². The van der Waals surface area contributed by atoms with Crippen molar-refractivity contribution in [3.63, 3.8) is 0 Å². The first kappa shape index (κ1) is 19.6. The average molecular weight is 398 g/mol. The molecule has 3 aromatic heterocycles. The summed E-state index contributed by atoms with van der Waals surface area (Å²) in [6.45, 7) is 5.07. The van der Waals surface area contributed by atoms with E-state index in [2.05, 4.69) is 20.1 Å². The summed E-state index contributed by atoms with van der Waals surface area (Å²) in [6.07, 6.45) is 1.92. The molecule has 0 radical (unpaired) electrons. The Balaban J connectivity index is 1.58. The van der Waals surface area contributed by atoms with Crippen molar-refractivity contribution in [3.05, 3.63) is 39.4 Å². The monoisotopic (exact) mass is 398 g/mol. The molecule has 0 aliphatic heterocycles. The fourth-order valence-corrected chi connectivity index (χ4v) is 3.68. The van der Waals surface area contributed by atoms with E-state index in [0.717, 1.165) is 22.6 Å². The summed E-state index contributed by atoms with van der Waals surface area (Å²) in [5.41, 5.74) is 3.25. The van der Waals surface area contributed by atoms with E-state index < -0.39 is 24.3 Å². The highest BCUT2D eigenvalue weighted by Gasteiger charge is 2.24. The number of nitriles is 1. The van der Waals surface area contributed by atoms with Gasteiger partial charge >= 0.3 is 5.97 Å². The minimum Gasteiger partial charge on any atom is -0.458 e. The van der Waals surface area contributed by atoms with Gasteiger partial charge in [-0.1, -0.05) is 0 Å². The molecule has 9 nitrogen and oxygen atoms in total. The van der Waals surface area contributed by atoms with Gasteiger partial charge in [0.1, 0.15) is 11.3 Å². The molecule has 0 amide bonds. The Morgan fingerprint density at radius 2 is 2.11 bits per heavy atom. The minimum atomic E-state index is -1.02. The molecule has 0 unspecified atom stereocenters. The first-order valence-corrected chi connectivity index (χ1v) is 9.44. The van der Waals surface area contributed by atoms with Crippen LogP contribution in [0.25, 0.3) is 5.78 Å². The Morgan fingerprint density at radius 3 is 2.79 bits per heavy atom. The van der Waals surface area contributed by atoms with E-state index in [1.807, 2.05) is 19.9 Å². The quantitative estimate of drug-likeness (QED) is 0.553. The summed E-state index contributed by atoms with van der Waals surface area (Å²) in [6, 6.07) is 1.93. The third-order valence-corrected chi connectivity index (χ3v) is 5.31. The summed E-state index contributed by atoms with van der Waals surface area (Å²) < 4.78 is 6.69. The molecule has 144 valence electrons. The predicted octanol–water partition coefficient (Wildman–Crippen LogP) is 1.86. The molecule has 0 fully saturated rings. The zero-order chi connectivity index (χ0) is 20.3. The first-order valence-electron chi connectivity index (χ1n) is 8.56.